The molecule has 2 rings (SSSR count). The van der Waals surface area contributed by atoms with E-state index in [0.29, 0.717) is 23.4 Å². The molecule has 2 aromatic rings. The SMILES string of the molecule is CCN(C(=O)c1ccc(F)cc1C)c1cc(O)ccc1C. The maximum atomic E-state index is 13.2. The molecule has 0 fully saturated rings. The van der Waals surface area contributed by atoms with Crippen molar-refractivity contribution < 1.29 is 14.3 Å². The molecular formula is C17H18FNO2. The van der Waals surface area contributed by atoms with Crippen LogP contribution in [0.1, 0.15) is 28.4 Å². The van der Waals surface area contributed by atoms with E-state index in [0.717, 1.165) is 5.56 Å². The van der Waals surface area contributed by atoms with Gasteiger partial charge in [0.1, 0.15) is 11.6 Å². The molecule has 0 atom stereocenters. The lowest BCUT2D eigenvalue weighted by molar-refractivity contribution is 0.0987. The van der Waals surface area contributed by atoms with Gasteiger partial charge >= 0.3 is 0 Å². The molecule has 0 aliphatic carbocycles. The van der Waals surface area contributed by atoms with Gasteiger partial charge in [0.05, 0.1) is 5.69 Å². The van der Waals surface area contributed by atoms with Crippen LogP contribution in [0.3, 0.4) is 0 Å². The Bertz CT molecular complexity index is 682. The molecule has 0 radical (unpaired) electrons. The number of amides is 1. The van der Waals surface area contributed by atoms with Crippen LogP contribution in [-0.2, 0) is 0 Å². The van der Waals surface area contributed by atoms with Crippen molar-refractivity contribution in [3.05, 3.63) is 58.9 Å². The Hall–Kier alpha value is -2.36. The number of aromatic hydroxyl groups is 1. The summed E-state index contributed by atoms with van der Waals surface area (Å²) in [6.45, 7) is 5.90. The van der Waals surface area contributed by atoms with E-state index in [1.165, 1.54) is 18.2 Å². The minimum absolute atomic E-state index is 0.109. The van der Waals surface area contributed by atoms with Gasteiger partial charge in [0.25, 0.3) is 5.91 Å². The summed E-state index contributed by atoms with van der Waals surface area (Å²) in [6.07, 6.45) is 0. The number of benzene rings is 2. The highest BCUT2D eigenvalue weighted by Gasteiger charge is 2.20. The Labute approximate surface area is 123 Å². The molecule has 1 N–H and O–H groups in total. The maximum Gasteiger partial charge on any atom is 0.258 e. The summed E-state index contributed by atoms with van der Waals surface area (Å²) in [4.78, 5) is 14.3. The van der Waals surface area contributed by atoms with Gasteiger partial charge in [-0.2, -0.15) is 0 Å². The molecule has 0 bridgehead atoms. The first-order valence-corrected chi connectivity index (χ1v) is 6.81. The third-order valence-corrected chi connectivity index (χ3v) is 3.46. The summed E-state index contributed by atoms with van der Waals surface area (Å²) in [5.41, 5.74) is 2.60. The van der Waals surface area contributed by atoms with Gasteiger partial charge in [0.2, 0.25) is 0 Å². The van der Waals surface area contributed by atoms with Crippen molar-refractivity contribution in [1.29, 1.82) is 0 Å². The monoisotopic (exact) mass is 287 g/mol. The van der Waals surface area contributed by atoms with Crippen molar-refractivity contribution in [2.24, 2.45) is 0 Å². The Morgan fingerprint density at radius 3 is 2.48 bits per heavy atom. The van der Waals surface area contributed by atoms with E-state index in [2.05, 4.69) is 0 Å². The summed E-state index contributed by atoms with van der Waals surface area (Å²) in [7, 11) is 0. The lowest BCUT2D eigenvalue weighted by Gasteiger charge is -2.24. The van der Waals surface area contributed by atoms with E-state index < -0.39 is 0 Å². The van der Waals surface area contributed by atoms with Crippen LogP contribution in [0.2, 0.25) is 0 Å². The second-order valence-electron chi connectivity index (χ2n) is 4.98. The Morgan fingerprint density at radius 2 is 1.86 bits per heavy atom. The third kappa shape index (κ3) is 3.05. The average molecular weight is 287 g/mol. The van der Waals surface area contributed by atoms with E-state index in [9.17, 15) is 14.3 Å². The Balaban J connectivity index is 2.45. The number of hydrogen-bond acceptors (Lipinski definition) is 2. The Kier molecular flexibility index (Phi) is 4.26. The molecule has 0 heterocycles. The number of nitrogens with zero attached hydrogens (tertiary/aromatic N) is 1. The van der Waals surface area contributed by atoms with Crippen molar-refractivity contribution in [2.45, 2.75) is 20.8 Å². The topological polar surface area (TPSA) is 40.5 Å². The first-order chi connectivity index (χ1) is 9.93. The molecule has 3 nitrogen and oxygen atoms in total. The molecular weight excluding hydrogens is 269 g/mol. The van der Waals surface area contributed by atoms with Gasteiger partial charge in [-0.3, -0.25) is 4.79 Å². The van der Waals surface area contributed by atoms with Crippen LogP contribution >= 0.6 is 0 Å². The van der Waals surface area contributed by atoms with Crippen molar-refractivity contribution in [3.8, 4) is 5.75 Å². The van der Waals surface area contributed by atoms with E-state index in [-0.39, 0.29) is 17.5 Å². The van der Waals surface area contributed by atoms with E-state index in [4.69, 9.17) is 0 Å². The predicted molar refractivity (Wildman–Crippen MR) is 81.3 cm³/mol. The van der Waals surface area contributed by atoms with Crippen molar-refractivity contribution in [1.82, 2.24) is 0 Å². The highest BCUT2D eigenvalue weighted by molar-refractivity contribution is 6.07. The van der Waals surface area contributed by atoms with Crippen molar-refractivity contribution >= 4 is 11.6 Å². The van der Waals surface area contributed by atoms with Crippen LogP contribution < -0.4 is 4.90 Å². The normalized spacial score (nSPS) is 10.5. The minimum Gasteiger partial charge on any atom is -0.508 e. The number of rotatable bonds is 3. The zero-order chi connectivity index (χ0) is 15.6. The molecule has 0 unspecified atom stereocenters. The lowest BCUT2D eigenvalue weighted by atomic mass is 10.1. The molecule has 0 aliphatic heterocycles. The summed E-state index contributed by atoms with van der Waals surface area (Å²) in [5.74, 6) is -0.456. The molecule has 4 heteroatoms. The van der Waals surface area contributed by atoms with Gasteiger partial charge in [0.15, 0.2) is 0 Å². The number of carbonyl (C=O) groups excluding carboxylic acids is 1. The van der Waals surface area contributed by atoms with Gasteiger partial charge in [-0.15, -0.1) is 0 Å². The largest absolute Gasteiger partial charge is 0.508 e. The molecule has 1 amide bonds. The molecule has 0 saturated carbocycles. The molecule has 2 aromatic carbocycles. The van der Waals surface area contributed by atoms with Crippen LogP contribution in [0.5, 0.6) is 5.75 Å². The molecule has 21 heavy (non-hydrogen) atoms. The molecule has 0 aromatic heterocycles. The fraction of sp³-hybridized carbons (Fsp3) is 0.235. The number of phenolic OH excluding ortho intramolecular Hbond substituents is 1. The third-order valence-electron chi connectivity index (χ3n) is 3.46. The predicted octanol–water partition coefficient (Wildman–Crippen LogP) is 3.81. The van der Waals surface area contributed by atoms with Gasteiger partial charge in [-0.1, -0.05) is 6.07 Å². The first kappa shape index (κ1) is 15.0. The standard InChI is InChI=1S/C17H18FNO2/c1-4-19(16-10-14(20)7-5-11(16)2)17(21)15-8-6-13(18)9-12(15)3/h5-10,20H,4H2,1-3H3. The van der Waals surface area contributed by atoms with Crippen molar-refractivity contribution in [2.75, 3.05) is 11.4 Å². The number of halogens is 1. The fourth-order valence-corrected chi connectivity index (χ4v) is 2.32. The lowest BCUT2D eigenvalue weighted by Crippen LogP contribution is -2.31. The van der Waals surface area contributed by atoms with Gasteiger partial charge in [-0.05, 0) is 56.2 Å². The molecule has 0 spiro atoms. The zero-order valence-corrected chi connectivity index (χ0v) is 12.4. The van der Waals surface area contributed by atoms with E-state index in [1.807, 2.05) is 13.8 Å². The molecule has 0 aliphatic rings. The summed E-state index contributed by atoms with van der Waals surface area (Å²) < 4.78 is 13.2. The van der Waals surface area contributed by atoms with Gasteiger partial charge in [0, 0.05) is 18.2 Å². The van der Waals surface area contributed by atoms with Gasteiger partial charge < -0.3 is 10.0 Å². The number of hydrogen-bond donors (Lipinski definition) is 1. The summed E-state index contributed by atoms with van der Waals surface area (Å²) in [5, 5.41) is 9.64. The smallest absolute Gasteiger partial charge is 0.258 e. The maximum absolute atomic E-state index is 13.2. The van der Waals surface area contributed by atoms with Crippen LogP contribution in [0, 0.1) is 19.7 Å². The second kappa shape index (κ2) is 5.95. The van der Waals surface area contributed by atoms with E-state index >= 15 is 0 Å². The molecule has 110 valence electrons. The zero-order valence-electron chi connectivity index (χ0n) is 12.4. The highest BCUT2D eigenvalue weighted by Crippen LogP contribution is 2.27. The van der Waals surface area contributed by atoms with E-state index in [1.54, 1.807) is 30.0 Å². The Morgan fingerprint density at radius 1 is 1.14 bits per heavy atom. The summed E-state index contributed by atoms with van der Waals surface area (Å²) >= 11 is 0. The molecule has 0 saturated heterocycles. The highest BCUT2D eigenvalue weighted by atomic mass is 19.1. The number of anilines is 1. The summed E-state index contributed by atoms with van der Waals surface area (Å²) in [6, 6.07) is 9.03. The minimum atomic E-state index is -0.361. The van der Waals surface area contributed by atoms with Crippen LogP contribution in [0.25, 0.3) is 0 Å². The average Bonchev–Trinajstić information content (AvgIpc) is 2.43. The number of carbonyl (C=O) groups is 1. The van der Waals surface area contributed by atoms with Crippen molar-refractivity contribution in [3.63, 3.8) is 0 Å². The second-order valence-corrected chi connectivity index (χ2v) is 4.98. The number of aryl methyl sites for hydroxylation is 2. The van der Waals surface area contributed by atoms with Crippen LogP contribution in [0.4, 0.5) is 10.1 Å². The first-order valence-electron chi connectivity index (χ1n) is 6.81. The van der Waals surface area contributed by atoms with Gasteiger partial charge in [-0.25, -0.2) is 4.39 Å². The van der Waals surface area contributed by atoms with Crippen LogP contribution in [-0.4, -0.2) is 17.6 Å². The van der Waals surface area contributed by atoms with Crippen LogP contribution in [0.15, 0.2) is 36.4 Å². The fourth-order valence-electron chi connectivity index (χ4n) is 2.32. The quantitative estimate of drug-likeness (QED) is 0.932. The number of phenols is 1.